The van der Waals surface area contributed by atoms with Crippen molar-refractivity contribution in [2.45, 2.75) is 31.7 Å². The summed E-state index contributed by atoms with van der Waals surface area (Å²) in [5.41, 5.74) is 4.18. The van der Waals surface area contributed by atoms with Crippen molar-refractivity contribution in [1.82, 2.24) is 10.3 Å². The molecular weight excluding hydrogens is 240 g/mol. The second-order valence-electron chi connectivity index (χ2n) is 4.99. The number of nitrogens with one attached hydrogen (secondary N) is 1. The van der Waals surface area contributed by atoms with E-state index < -0.39 is 0 Å². The van der Waals surface area contributed by atoms with Gasteiger partial charge in [-0.15, -0.1) is 11.3 Å². The summed E-state index contributed by atoms with van der Waals surface area (Å²) in [6.45, 7) is 2.15. The van der Waals surface area contributed by atoms with E-state index in [2.05, 4.69) is 41.9 Å². The van der Waals surface area contributed by atoms with Crippen molar-refractivity contribution < 1.29 is 0 Å². The van der Waals surface area contributed by atoms with Gasteiger partial charge < -0.3 is 5.32 Å². The van der Waals surface area contributed by atoms with Crippen LogP contribution in [-0.2, 0) is 12.8 Å². The summed E-state index contributed by atoms with van der Waals surface area (Å²) in [5.74, 6) is 0.588. The molecule has 1 aliphatic rings. The lowest BCUT2D eigenvalue weighted by atomic mass is 10.1. The van der Waals surface area contributed by atoms with E-state index in [9.17, 15) is 0 Å². The molecule has 1 unspecified atom stereocenters. The fraction of sp³-hybridized carbons (Fsp3) is 0.400. The second kappa shape index (κ2) is 4.82. The lowest BCUT2D eigenvalue weighted by Gasteiger charge is -2.07. The standard InChI is InChI=1S/C15H18N2S/c1-10(16-2)14-9-18-15(17-14)13-7-11-5-3-4-6-12(11)8-13/h3-6,9-10,13,16H,7-8H2,1-2H3. The molecular formula is C15H18N2S. The van der Waals surface area contributed by atoms with Gasteiger partial charge in [-0.25, -0.2) is 4.98 Å². The molecule has 0 aliphatic heterocycles. The van der Waals surface area contributed by atoms with Crippen molar-refractivity contribution in [2.24, 2.45) is 0 Å². The molecule has 0 saturated carbocycles. The summed E-state index contributed by atoms with van der Waals surface area (Å²) in [6, 6.07) is 9.12. The normalized spacial score (nSPS) is 16.8. The SMILES string of the molecule is CNC(C)c1csc(C2Cc3ccccc3C2)n1. The molecule has 2 nitrogen and oxygen atoms in total. The minimum atomic E-state index is 0.346. The van der Waals surface area contributed by atoms with Crippen LogP contribution in [0.1, 0.15) is 40.7 Å². The van der Waals surface area contributed by atoms with E-state index in [1.807, 2.05) is 18.4 Å². The Morgan fingerprint density at radius 1 is 1.28 bits per heavy atom. The van der Waals surface area contributed by atoms with Crippen molar-refractivity contribution in [3.05, 3.63) is 51.5 Å². The van der Waals surface area contributed by atoms with E-state index in [-0.39, 0.29) is 0 Å². The maximum Gasteiger partial charge on any atom is 0.0966 e. The molecule has 3 rings (SSSR count). The highest BCUT2D eigenvalue weighted by Crippen LogP contribution is 2.35. The third-order valence-corrected chi connectivity index (χ3v) is 4.84. The van der Waals surface area contributed by atoms with Crippen LogP contribution in [-0.4, -0.2) is 12.0 Å². The molecule has 2 aromatic rings. The zero-order chi connectivity index (χ0) is 12.5. The molecule has 1 atom stereocenters. The number of aromatic nitrogens is 1. The Morgan fingerprint density at radius 2 is 1.94 bits per heavy atom. The highest BCUT2D eigenvalue weighted by Gasteiger charge is 2.25. The number of rotatable bonds is 3. The Bertz CT molecular complexity index is 522. The number of hydrogen-bond acceptors (Lipinski definition) is 3. The minimum absolute atomic E-state index is 0.346. The van der Waals surface area contributed by atoms with E-state index in [1.54, 1.807) is 0 Å². The summed E-state index contributed by atoms with van der Waals surface area (Å²) in [5, 5.41) is 6.74. The van der Waals surface area contributed by atoms with Gasteiger partial charge in [0.2, 0.25) is 0 Å². The lowest BCUT2D eigenvalue weighted by Crippen LogP contribution is -2.12. The zero-order valence-electron chi connectivity index (χ0n) is 10.8. The molecule has 0 saturated heterocycles. The Labute approximate surface area is 112 Å². The molecule has 1 N–H and O–H groups in total. The number of hydrogen-bond donors (Lipinski definition) is 1. The van der Waals surface area contributed by atoms with E-state index in [0.717, 1.165) is 12.8 Å². The van der Waals surface area contributed by atoms with Gasteiger partial charge in [0.05, 0.1) is 10.7 Å². The van der Waals surface area contributed by atoms with E-state index in [4.69, 9.17) is 4.98 Å². The van der Waals surface area contributed by atoms with E-state index >= 15 is 0 Å². The van der Waals surface area contributed by atoms with Crippen molar-refractivity contribution in [2.75, 3.05) is 7.05 Å². The van der Waals surface area contributed by atoms with Crippen LogP contribution < -0.4 is 5.32 Å². The lowest BCUT2D eigenvalue weighted by molar-refractivity contribution is 0.628. The van der Waals surface area contributed by atoms with Crippen molar-refractivity contribution in [3.8, 4) is 0 Å². The highest BCUT2D eigenvalue weighted by atomic mass is 32.1. The maximum absolute atomic E-state index is 4.80. The van der Waals surface area contributed by atoms with E-state index in [0.29, 0.717) is 12.0 Å². The Kier molecular flexibility index (Phi) is 3.18. The first-order chi connectivity index (χ1) is 8.78. The molecule has 3 heteroatoms. The smallest absolute Gasteiger partial charge is 0.0966 e. The second-order valence-corrected chi connectivity index (χ2v) is 5.88. The third kappa shape index (κ3) is 2.08. The van der Waals surface area contributed by atoms with Gasteiger partial charge in [-0.1, -0.05) is 24.3 Å². The summed E-state index contributed by atoms with van der Waals surface area (Å²) in [6.07, 6.45) is 2.30. The van der Waals surface area contributed by atoms with Crippen LogP contribution in [0.3, 0.4) is 0 Å². The number of fused-ring (bicyclic) bond motifs is 1. The Balaban J connectivity index is 1.80. The average Bonchev–Trinajstić information content (AvgIpc) is 3.03. The maximum atomic E-state index is 4.80. The van der Waals surface area contributed by atoms with E-state index in [1.165, 1.54) is 21.8 Å². The summed E-state index contributed by atoms with van der Waals surface area (Å²) in [4.78, 5) is 4.80. The topological polar surface area (TPSA) is 24.9 Å². The average molecular weight is 258 g/mol. The third-order valence-electron chi connectivity index (χ3n) is 3.82. The fourth-order valence-corrected chi connectivity index (χ4v) is 3.58. The molecule has 1 aromatic carbocycles. The summed E-state index contributed by atoms with van der Waals surface area (Å²) >= 11 is 1.81. The predicted molar refractivity (Wildman–Crippen MR) is 76.2 cm³/mol. The van der Waals surface area contributed by atoms with Crippen LogP contribution >= 0.6 is 11.3 Å². The molecule has 0 bridgehead atoms. The molecule has 1 aliphatic carbocycles. The molecule has 1 aromatic heterocycles. The van der Waals surface area contributed by atoms with Gasteiger partial charge in [0, 0.05) is 17.3 Å². The molecule has 0 amide bonds. The van der Waals surface area contributed by atoms with Crippen LogP contribution in [0.5, 0.6) is 0 Å². The monoisotopic (exact) mass is 258 g/mol. The molecule has 0 fully saturated rings. The minimum Gasteiger partial charge on any atom is -0.312 e. The molecule has 0 radical (unpaired) electrons. The van der Waals surface area contributed by atoms with Crippen molar-refractivity contribution in [1.29, 1.82) is 0 Å². The fourth-order valence-electron chi connectivity index (χ4n) is 2.57. The number of nitrogens with zero attached hydrogens (tertiary/aromatic N) is 1. The molecule has 18 heavy (non-hydrogen) atoms. The first kappa shape index (κ1) is 11.9. The van der Waals surface area contributed by atoms with Crippen molar-refractivity contribution >= 4 is 11.3 Å². The molecule has 0 spiro atoms. The van der Waals surface area contributed by atoms with Crippen LogP contribution in [0, 0.1) is 0 Å². The predicted octanol–water partition coefficient (Wildman–Crippen LogP) is 3.31. The summed E-state index contributed by atoms with van der Waals surface area (Å²) < 4.78 is 0. The van der Waals surface area contributed by atoms with Gasteiger partial charge in [-0.3, -0.25) is 0 Å². The van der Waals surface area contributed by atoms with Gasteiger partial charge in [0.1, 0.15) is 0 Å². The van der Waals surface area contributed by atoms with Crippen LogP contribution in [0.4, 0.5) is 0 Å². The zero-order valence-corrected chi connectivity index (χ0v) is 11.6. The van der Waals surface area contributed by atoms with Crippen LogP contribution in [0.25, 0.3) is 0 Å². The van der Waals surface area contributed by atoms with Crippen LogP contribution in [0.2, 0.25) is 0 Å². The van der Waals surface area contributed by atoms with Gasteiger partial charge in [-0.2, -0.15) is 0 Å². The summed E-state index contributed by atoms with van der Waals surface area (Å²) in [7, 11) is 1.98. The Hall–Kier alpha value is -1.19. The highest BCUT2D eigenvalue weighted by molar-refractivity contribution is 7.09. The van der Waals surface area contributed by atoms with Gasteiger partial charge in [0.25, 0.3) is 0 Å². The van der Waals surface area contributed by atoms with Crippen molar-refractivity contribution in [3.63, 3.8) is 0 Å². The number of benzene rings is 1. The quantitative estimate of drug-likeness (QED) is 0.913. The Morgan fingerprint density at radius 3 is 2.56 bits per heavy atom. The van der Waals surface area contributed by atoms with Gasteiger partial charge in [-0.05, 0) is 37.9 Å². The molecule has 94 valence electrons. The van der Waals surface area contributed by atoms with Gasteiger partial charge >= 0.3 is 0 Å². The molecule has 1 heterocycles. The number of thiazole rings is 1. The van der Waals surface area contributed by atoms with Gasteiger partial charge in [0.15, 0.2) is 0 Å². The first-order valence-electron chi connectivity index (χ1n) is 6.47. The first-order valence-corrected chi connectivity index (χ1v) is 7.35. The largest absolute Gasteiger partial charge is 0.312 e. The van der Waals surface area contributed by atoms with Crippen LogP contribution in [0.15, 0.2) is 29.6 Å².